The summed E-state index contributed by atoms with van der Waals surface area (Å²) < 4.78 is 5.16. The molecule has 1 aromatic heterocycles. The highest BCUT2D eigenvalue weighted by Gasteiger charge is 2.64. The quantitative estimate of drug-likeness (QED) is 0.458. The molecule has 4 unspecified atom stereocenters. The number of benzene rings is 2. The lowest BCUT2D eigenvalue weighted by atomic mass is 9.81. The van der Waals surface area contributed by atoms with Crippen LogP contribution in [0.5, 0.6) is 0 Å². The van der Waals surface area contributed by atoms with E-state index in [0.717, 1.165) is 10.4 Å². The number of amides is 3. The summed E-state index contributed by atoms with van der Waals surface area (Å²) in [6.45, 7) is 0. The van der Waals surface area contributed by atoms with Crippen LogP contribution in [0.25, 0.3) is 0 Å². The minimum Gasteiger partial charge on any atom is -0.469 e. The topological polar surface area (TPSA) is 66.9 Å². The standard InChI is InChI=1S/C24H20N2O4S/c1-30-23(28)19-18(15-9-4-2-5-10-15)21-22(27)25(16-11-6-3-7-12-16)24(29)26(21)20(19)17-13-8-14-31-17/h2-14,18-21H,1H3. The van der Waals surface area contributed by atoms with Crippen LogP contribution in [0.15, 0.2) is 78.2 Å². The zero-order valence-electron chi connectivity index (χ0n) is 16.8. The lowest BCUT2D eigenvalue weighted by molar-refractivity contribution is -0.146. The highest BCUT2D eigenvalue weighted by Crippen LogP contribution is 2.54. The van der Waals surface area contributed by atoms with Crippen molar-refractivity contribution in [1.29, 1.82) is 0 Å². The maximum absolute atomic E-state index is 13.7. The smallest absolute Gasteiger partial charge is 0.332 e. The fourth-order valence-corrected chi connectivity index (χ4v) is 5.70. The van der Waals surface area contributed by atoms with Crippen molar-refractivity contribution in [2.45, 2.75) is 18.0 Å². The molecule has 3 aromatic rings. The van der Waals surface area contributed by atoms with Gasteiger partial charge < -0.3 is 9.64 Å². The average Bonchev–Trinajstić information content (AvgIpc) is 3.50. The van der Waals surface area contributed by atoms with Crippen LogP contribution in [-0.2, 0) is 14.3 Å². The molecule has 0 bridgehead atoms. The number of thiophene rings is 1. The number of fused-ring (bicyclic) bond motifs is 1. The Labute approximate surface area is 183 Å². The molecule has 0 radical (unpaired) electrons. The zero-order chi connectivity index (χ0) is 21.5. The normalized spacial score (nSPS) is 25.1. The van der Waals surface area contributed by atoms with Crippen LogP contribution in [0, 0.1) is 5.92 Å². The van der Waals surface area contributed by atoms with E-state index in [1.54, 1.807) is 29.2 Å². The Bertz CT molecular complexity index is 1120. The van der Waals surface area contributed by atoms with Crippen molar-refractivity contribution in [1.82, 2.24) is 4.90 Å². The Balaban J connectivity index is 1.69. The summed E-state index contributed by atoms with van der Waals surface area (Å²) in [5.74, 6) is -1.93. The van der Waals surface area contributed by atoms with E-state index in [0.29, 0.717) is 5.69 Å². The monoisotopic (exact) mass is 432 g/mol. The second kappa shape index (κ2) is 7.67. The minimum absolute atomic E-state index is 0.321. The lowest BCUT2D eigenvalue weighted by Gasteiger charge is -2.26. The van der Waals surface area contributed by atoms with E-state index in [1.165, 1.54) is 23.3 Å². The predicted octanol–water partition coefficient (Wildman–Crippen LogP) is 4.21. The van der Waals surface area contributed by atoms with Gasteiger partial charge in [0.05, 0.1) is 24.8 Å². The van der Waals surface area contributed by atoms with Crippen molar-refractivity contribution in [2.75, 3.05) is 12.0 Å². The molecular formula is C24H20N2O4S. The molecule has 7 heteroatoms. The maximum atomic E-state index is 13.7. The summed E-state index contributed by atoms with van der Waals surface area (Å²) in [6, 6.07) is 20.4. The first-order chi connectivity index (χ1) is 15.1. The number of imide groups is 1. The molecule has 0 saturated carbocycles. The van der Waals surface area contributed by atoms with Crippen molar-refractivity contribution < 1.29 is 19.1 Å². The van der Waals surface area contributed by atoms with Crippen LogP contribution >= 0.6 is 11.3 Å². The number of carbonyl (C=O) groups is 3. The minimum atomic E-state index is -0.786. The van der Waals surface area contributed by atoms with Crippen LogP contribution in [0.1, 0.15) is 22.4 Å². The molecule has 6 nitrogen and oxygen atoms in total. The molecule has 0 N–H and O–H groups in total. The number of hydrogen-bond acceptors (Lipinski definition) is 5. The molecule has 2 fully saturated rings. The van der Waals surface area contributed by atoms with E-state index in [-0.39, 0.29) is 5.91 Å². The van der Waals surface area contributed by atoms with Crippen molar-refractivity contribution in [2.24, 2.45) is 5.92 Å². The summed E-state index contributed by atoms with van der Waals surface area (Å²) >= 11 is 1.47. The van der Waals surface area contributed by atoms with Crippen LogP contribution < -0.4 is 4.90 Å². The average molecular weight is 433 g/mol. The number of methoxy groups -OCH3 is 1. The molecular weight excluding hydrogens is 412 g/mol. The summed E-state index contributed by atoms with van der Waals surface area (Å²) in [6.07, 6.45) is 0. The highest BCUT2D eigenvalue weighted by molar-refractivity contribution is 7.10. The second-order valence-electron chi connectivity index (χ2n) is 7.59. The van der Waals surface area contributed by atoms with Gasteiger partial charge in [-0.05, 0) is 29.1 Å². The molecule has 2 aliphatic rings. The van der Waals surface area contributed by atoms with Gasteiger partial charge in [0.2, 0.25) is 0 Å². The number of rotatable bonds is 4. The van der Waals surface area contributed by atoms with Gasteiger partial charge in [-0.2, -0.15) is 0 Å². The fourth-order valence-electron chi connectivity index (χ4n) is 4.83. The zero-order valence-corrected chi connectivity index (χ0v) is 17.6. The van der Waals surface area contributed by atoms with Crippen molar-refractivity contribution in [3.05, 3.63) is 88.6 Å². The van der Waals surface area contributed by atoms with Gasteiger partial charge in [-0.1, -0.05) is 54.6 Å². The number of anilines is 1. The van der Waals surface area contributed by atoms with Crippen LogP contribution in [0.4, 0.5) is 10.5 Å². The SMILES string of the molecule is COC(=O)C1C(c2ccccc2)C2C(=O)N(c3ccccc3)C(=O)N2C1c1cccs1. The third-order valence-corrected chi connectivity index (χ3v) is 7.00. The molecule has 0 aliphatic carbocycles. The molecule has 4 atom stereocenters. The first kappa shape index (κ1) is 19.5. The Morgan fingerprint density at radius 3 is 2.19 bits per heavy atom. The molecule has 2 aromatic carbocycles. The number of carbonyl (C=O) groups excluding carboxylic acids is 3. The van der Waals surface area contributed by atoms with Gasteiger partial charge in [-0.3, -0.25) is 9.59 Å². The first-order valence-corrected chi connectivity index (χ1v) is 10.9. The largest absolute Gasteiger partial charge is 0.469 e. The summed E-state index contributed by atoms with van der Waals surface area (Å²) in [7, 11) is 1.35. The molecule has 2 saturated heterocycles. The molecule has 5 rings (SSSR count). The number of hydrogen-bond donors (Lipinski definition) is 0. The van der Waals surface area contributed by atoms with Gasteiger partial charge in [0.1, 0.15) is 6.04 Å². The van der Waals surface area contributed by atoms with Crippen molar-refractivity contribution >= 4 is 34.9 Å². The number of ether oxygens (including phenoxy) is 1. The van der Waals surface area contributed by atoms with Crippen LogP contribution in [0.3, 0.4) is 0 Å². The highest BCUT2D eigenvalue weighted by atomic mass is 32.1. The van der Waals surface area contributed by atoms with Gasteiger partial charge in [0.15, 0.2) is 0 Å². The predicted molar refractivity (Wildman–Crippen MR) is 117 cm³/mol. The molecule has 2 aliphatic heterocycles. The number of nitrogens with zero attached hydrogens (tertiary/aromatic N) is 2. The first-order valence-electron chi connectivity index (χ1n) is 10.0. The van der Waals surface area contributed by atoms with E-state index < -0.39 is 35.9 Å². The summed E-state index contributed by atoms with van der Waals surface area (Å²) in [5, 5.41) is 1.91. The lowest BCUT2D eigenvalue weighted by Crippen LogP contribution is -2.38. The second-order valence-corrected chi connectivity index (χ2v) is 8.57. The molecule has 0 spiro atoms. The van der Waals surface area contributed by atoms with Crippen LogP contribution in [-0.4, -0.2) is 36.0 Å². The Morgan fingerprint density at radius 2 is 1.58 bits per heavy atom. The van der Waals surface area contributed by atoms with Gasteiger partial charge in [-0.25, -0.2) is 9.69 Å². The molecule has 31 heavy (non-hydrogen) atoms. The van der Waals surface area contributed by atoms with Crippen LogP contribution in [0.2, 0.25) is 0 Å². The van der Waals surface area contributed by atoms with E-state index in [9.17, 15) is 14.4 Å². The van der Waals surface area contributed by atoms with Gasteiger partial charge in [0.25, 0.3) is 5.91 Å². The van der Waals surface area contributed by atoms with Gasteiger partial charge in [0, 0.05) is 10.8 Å². The van der Waals surface area contributed by atoms with E-state index in [1.807, 2.05) is 53.9 Å². The van der Waals surface area contributed by atoms with Gasteiger partial charge in [-0.15, -0.1) is 11.3 Å². The van der Waals surface area contributed by atoms with Crippen molar-refractivity contribution in [3.63, 3.8) is 0 Å². The third kappa shape index (κ3) is 2.96. The van der Waals surface area contributed by atoms with Gasteiger partial charge >= 0.3 is 12.0 Å². The number of esters is 1. The Kier molecular flexibility index (Phi) is 4.82. The molecule has 3 amide bonds. The molecule has 156 valence electrons. The molecule has 3 heterocycles. The third-order valence-electron chi connectivity index (χ3n) is 6.06. The number of urea groups is 1. The van der Waals surface area contributed by atoms with E-state index in [2.05, 4.69) is 0 Å². The summed E-state index contributed by atoms with van der Waals surface area (Å²) in [4.78, 5) is 44.0. The van der Waals surface area contributed by atoms with E-state index >= 15 is 0 Å². The van der Waals surface area contributed by atoms with E-state index in [4.69, 9.17) is 4.74 Å². The number of para-hydroxylation sites is 1. The maximum Gasteiger partial charge on any atom is 0.332 e. The Hall–Kier alpha value is -3.45. The summed E-state index contributed by atoms with van der Waals surface area (Å²) in [5.41, 5.74) is 1.36. The Morgan fingerprint density at radius 1 is 0.903 bits per heavy atom. The van der Waals surface area contributed by atoms with Crippen molar-refractivity contribution in [3.8, 4) is 0 Å². The fraction of sp³-hybridized carbons (Fsp3) is 0.208.